The van der Waals surface area contributed by atoms with Crippen molar-refractivity contribution in [1.29, 1.82) is 0 Å². The van der Waals surface area contributed by atoms with Gasteiger partial charge < -0.3 is 15.1 Å². The number of hydrogen-bond acceptors (Lipinski definition) is 6. The first kappa shape index (κ1) is 25.1. The molecule has 0 bridgehead atoms. The van der Waals surface area contributed by atoms with Crippen molar-refractivity contribution in [2.75, 3.05) is 44.7 Å². The van der Waals surface area contributed by atoms with Gasteiger partial charge in [0.05, 0.1) is 11.9 Å². The number of anilines is 1. The highest BCUT2D eigenvalue weighted by Gasteiger charge is 2.35. The molecule has 2 aromatic rings. The lowest BCUT2D eigenvalue weighted by Gasteiger charge is -2.47. The molecule has 2 saturated heterocycles. The number of likely N-dealkylation sites (tertiary alicyclic amines) is 1. The molecular formula is C27H38N6O2. The lowest BCUT2D eigenvalue weighted by molar-refractivity contribution is 0.0490. The van der Waals surface area contributed by atoms with Crippen molar-refractivity contribution in [2.45, 2.75) is 58.5 Å². The Balaban J connectivity index is 1.38. The standard InChI is InChI=1S/C27H38N6O2/c1-5-21-18-32(25-23(6-2)30-24(17-29-25)26(34)28-4)15-16-33(21)22-11-13-31(14-12-22)27(35)20-9-7-19(3)8-10-20/h7-10,17,21-22H,5-6,11-16,18H2,1-4H3,(H,28,34)/t21-/m0/s1. The van der Waals surface area contributed by atoms with E-state index in [0.717, 1.165) is 75.5 Å². The van der Waals surface area contributed by atoms with E-state index in [2.05, 4.69) is 38.9 Å². The summed E-state index contributed by atoms with van der Waals surface area (Å²) < 4.78 is 0. The molecule has 3 heterocycles. The Morgan fingerprint density at radius 3 is 2.40 bits per heavy atom. The summed E-state index contributed by atoms with van der Waals surface area (Å²) in [6.07, 6.45) is 5.40. The summed E-state index contributed by atoms with van der Waals surface area (Å²) >= 11 is 0. The minimum absolute atomic E-state index is 0.145. The first-order valence-electron chi connectivity index (χ1n) is 12.9. The van der Waals surface area contributed by atoms with Gasteiger partial charge >= 0.3 is 0 Å². The highest BCUT2D eigenvalue weighted by molar-refractivity contribution is 5.94. The van der Waals surface area contributed by atoms with Crippen LogP contribution in [0.4, 0.5) is 5.82 Å². The summed E-state index contributed by atoms with van der Waals surface area (Å²) in [7, 11) is 1.61. The highest BCUT2D eigenvalue weighted by atomic mass is 16.2. The second-order valence-electron chi connectivity index (χ2n) is 9.59. The van der Waals surface area contributed by atoms with Crippen LogP contribution in [-0.2, 0) is 6.42 Å². The van der Waals surface area contributed by atoms with E-state index in [1.165, 1.54) is 5.56 Å². The number of benzene rings is 1. The van der Waals surface area contributed by atoms with Crippen LogP contribution >= 0.6 is 0 Å². The molecule has 1 aromatic heterocycles. The second-order valence-corrected chi connectivity index (χ2v) is 9.59. The van der Waals surface area contributed by atoms with Crippen LogP contribution in [0.3, 0.4) is 0 Å². The molecule has 188 valence electrons. The summed E-state index contributed by atoms with van der Waals surface area (Å²) in [5.74, 6) is 0.838. The minimum atomic E-state index is -0.206. The van der Waals surface area contributed by atoms with Crippen molar-refractivity contribution in [1.82, 2.24) is 25.1 Å². The second kappa shape index (κ2) is 11.2. The lowest BCUT2D eigenvalue weighted by atomic mass is 9.97. The van der Waals surface area contributed by atoms with Crippen molar-refractivity contribution < 1.29 is 9.59 Å². The summed E-state index contributed by atoms with van der Waals surface area (Å²) in [6, 6.07) is 8.81. The van der Waals surface area contributed by atoms with Gasteiger partial charge in [0, 0.05) is 57.4 Å². The molecule has 8 heteroatoms. The molecule has 0 aliphatic carbocycles. The van der Waals surface area contributed by atoms with E-state index in [9.17, 15) is 9.59 Å². The fourth-order valence-corrected chi connectivity index (χ4v) is 5.35. The SMILES string of the molecule is CCc1nc(C(=O)NC)cnc1N1CCN(C2CCN(C(=O)c3ccc(C)cc3)CC2)[C@@H](CC)C1. The maximum atomic E-state index is 12.9. The van der Waals surface area contributed by atoms with Gasteiger partial charge in [-0.1, -0.05) is 31.5 Å². The van der Waals surface area contributed by atoms with Crippen molar-refractivity contribution >= 4 is 17.6 Å². The Labute approximate surface area is 208 Å². The van der Waals surface area contributed by atoms with E-state index in [1.54, 1.807) is 13.2 Å². The van der Waals surface area contributed by atoms with E-state index in [0.29, 0.717) is 17.8 Å². The van der Waals surface area contributed by atoms with Crippen molar-refractivity contribution in [2.24, 2.45) is 0 Å². The summed E-state index contributed by atoms with van der Waals surface area (Å²) in [5.41, 5.74) is 3.19. The summed E-state index contributed by atoms with van der Waals surface area (Å²) in [5, 5.41) is 2.63. The molecular weight excluding hydrogens is 440 g/mol. The van der Waals surface area contributed by atoms with E-state index in [1.807, 2.05) is 36.1 Å². The molecule has 2 fully saturated rings. The summed E-state index contributed by atoms with van der Waals surface area (Å²) in [6.45, 7) is 10.7. The molecule has 2 amide bonds. The van der Waals surface area contributed by atoms with E-state index >= 15 is 0 Å². The van der Waals surface area contributed by atoms with Crippen LogP contribution in [0.2, 0.25) is 0 Å². The van der Waals surface area contributed by atoms with E-state index < -0.39 is 0 Å². The van der Waals surface area contributed by atoms with Crippen LogP contribution in [0.5, 0.6) is 0 Å². The van der Waals surface area contributed by atoms with Crippen LogP contribution in [0.15, 0.2) is 30.5 Å². The molecule has 1 atom stereocenters. The number of hydrogen-bond donors (Lipinski definition) is 1. The zero-order valence-corrected chi connectivity index (χ0v) is 21.5. The molecule has 1 aromatic carbocycles. The van der Waals surface area contributed by atoms with Gasteiger partial charge in [-0.3, -0.25) is 14.5 Å². The Hall–Kier alpha value is -3.00. The average molecular weight is 479 g/mol. The maximum Gasteiger partial charge on any atom is 0.271 e. The quantitative estimate of drug-likeness (QED) is 0.688. The number of rotatable bonds is 6. The zero-order chi connectivity index (χ0) is 24.9. The Morgan fingerprint density at radius 2 is 1.77 bits per heavy atom. The predicted molar refractivity (Wildman–Crippen MR) is 138 cm³/mol. The number of aryl methyl sites for hydroxylation is 2. The van der Waals surface area contributed by atoms with Gasteiger partial charge in [-0.15, -0.1) is 0 Å². The lowest BCUT2D eigenvalue weighted by Crippen LogP contribution is -2.59. The van der Waals surface area contributed by atoms with E-state index in [4.69, 9.17) is 0 Å². The molecule has 8 nitrogen and oxygen atoms in total. The smallest absolute Gasteiger partial charge is 0.271 e. The van der Waals surface area contributed by atoms with Crippen LogP contribution < -0.4 is 10.2 Å². The van der Waals surface area contributed by atoms with Crippen molar-refractivity contribution in [3.63, 3.8) is 0 Å². The highest BCUT2D eigenvalue weighted by Crippen LogP contribution is 2.27. The largest absolute Gasteiger partial charge is 0.354 e. The first-order valence-corrected chi connectivity index (χ1v) is 12.9. The Bertz CT molecular complexity index is 1030. The average Bonchev–Trinajstić information content (AvgIpc) is 2.92. The first-order chi connectivity index (χ1) is 16.9. The van der Waals surface area contributed by atoms with Gasteiger partial charge in [-0.05, 0) is 44.7 Å². The molecule has 35 heavy (non-hydrogen) atoms. The molecule has 0 saturated carbocycles. The summed E-state index contributed by atoms with van der Waals surface area (Å²) in [4.78, 5) is 41.1. The van der Waals surface area contributed by atoms with Crippen molar-refractivity contribution in [3.8, 4) is 0 Å². The maximum absolute atomic E-state index is 12.9. The van der Waals surface area contributed by atoms with Gasteiger partial charge in [0.25, 0.3) is 11.8 Å². The van der Waals surface area contributed by atoms with Crippen LogP contribution in [0, 0.1) is 6.92 Å². The van der Waals surface area contributed by atoms with E-state index in [-0.39, 0.29) is 11.8 Å². The Morgan fingerprint density at radius 1 is 1.06 bits per heavy atom. The fourth-order valence-electron chi connectivity index (χ4n) is 5.35. The number of nitrogens with zero attached hydrogens (tertiary/aromatic N) is 5. The predicted octanol–water partition coefficient (Wildman–Crippen LogP) is 2.91. The third-order valence-corrected chi connectivity index (χ3v) is 7.44. The van der Waals surface area contributed by atoms with Crippen LogP contribution in [-0.4, -0.2) is 83.4 Å². The molecule has 0 spiro atoms. The molecule has 0 radical (unpaired) electrons. The number of piperazine rings is 1. The van der Waals surface area contributed by atoms with Crippen LogP contribution in [0.25, 0.3) is 0 Å². The topological polar surface area (TPSA) is 81.7 Å². The van der Waals surface area contributed by atoms with Gasteiger partial charge in [0.2, 0.25) is 0 Å². The molecule has 2 aliphatic heterocycles. The number of piperidine rings is 1. The number of carbonyl (C=O) groups excluding carboxylic acids is 2. The van der Waals surface area contributed by atoms with Gasteiger partial charge in [-0.25, -0.2) is 9.97 Å². The molecule has 0 unspecified atom stereocenters. The number of carbonyl (C=O) groups is 2. The normalized spacial score (nSPS) is 19.6. The van der Waals surface area contributed by atoms with Crippen molar-refractivity contribution in [3.05, 3.63) is 53.0 Å². The third kappa shape index (κ3) is 5.48. The number of nitrogens with one attached hydrogen (secondary N) is 1. The Kier molecular flexibility index (Phi) is 8.00. The number of aromatic nitrogens is 2. The van der Waals surface area contributed by atoms with Gasteiger partial charge in [0.15, 0.2) is 0 Å². The molecule has 2 aliphatic rings. The van der Waals surface area contributed by atoms with Gasteiger partial charge in [0.1, 0.15) is 11.5 Å². The monoisotopic (exact) mass is 478 g/mol. The number of amides is 2. The third-order valence-electron chi connectivity index (χ3n) is 7.44. The zero-order valence-electron chi connectivity index (χ0n) is 21.5. The minimum Gasteiger partial charge on any atom is -0.354 e. The molecule has 1 N–H and O–H groups in total. The van der Waals surface area contributed by atoms with Crippen LogP contribution in [0.1, 0.15) is 65.2 Å². The molecule has 4 rings (SSSR count). The fraction of sp³-hybridized carbons (Fsp3) is 0.556. The van der Waals surface area contributed by atoms with Gasteiger partial charge in [-0.2, -0.15) is 0 Å².